The van der Waals surface area contributed by atoms with Gasteiger partial charge in [0.25, 0.3) is 5.91 Å². The van der Waals surface area contributed by atoms with Gasteiger partial charge in [0.05, 0.1) is 0 Å². The fourth-order valence-corrected chi connectivity index (χ4v) is 2.76. The summed E-state index contributed by atoms with van der Waals surface area (Å²) in [7, 11) is 0. The lowest BCUT2D eigenvalue weighted by Crippen LogP contribution is -2.68. The number of rotatable bonds is 2. The summed E-state index contributed by atoms with van der Waals surface area (Å²) in [5.41, 5.74) is 0.908. The zero-order valence-electron chi connectivity index (χ0n) is 12.2. The molecule has 1 N–H and O–H groups in total. The summed E-state index contributed by atoms with van der Waals surface area (Å²) in [6, 6.07) is 5.18. The number of benzene rings is 1. The topological polar surface area (TPSA) is 49.4 Å². The standard InChI is InChI=1S/C15H19BrN2O2/c1-5-15(4)14(20)18(10(3)13(19)17-15)12-8-6-7-11(16)9(12)2/h6-8,10H,5H2,1-4H3,(H,17,19). The SMILES string of the molecule is CCC1(C)NC(=O)C(C)N(c2cccc(Br)c2C)C1=O. The fourth-order valence-electron chi connectivity index (χ4n) is 2.40. The molecule has 0 radical (unpaired) electrons. The summed E-state index contributed by atoms with van der Waals surface area (Å²) in [5, 5.41) is 2.83. The largest absolute Gasteiger partial charge is 0.340 e. The Morgan fingerprint density at radius 3 is 2.65 bits per heavy atom. The van der Waals surface area contributed by atoms with Crippen LogP contribution in [0.4, 0.5) is 5.69 Å². The smallest absolute Gasteiger partial charge is 0.253 e. The summed E-state index contributed by atoms with van der Waals surface area (Å²) in [4.78, 5) is 26.6. The minimum atomic E-state index is -0.835. The van der Waals surface area contributed by atoms with Gasteiger partial charge < -0.3 is 5.32 Å². The molecule has 2 amide bonds. The van der Waals surface area contributed by atoms with Crippen molar-refractivity contribution < 1.29 is 9.59 Å². The minimum absolute atomic E-state index is 0.0618. The molecule has 1 aromatic rings. The summed E-state index contributed by atoms with van der Waals surface area (Å²) >= 11 is 3.47. The molecule has 108 valence electrons. The maximum atomic E-state index is 12.8. The van der Waals surface area contributed by atoms with Crippen molar-refractivity contribution in [3.63, 3.8) is 0 Å². The highest BCUT2D eigenvalue weighted by atomic mass is 79.9. The minimum Gasteiger partial charge on any atom is -0.340 e. The molecule has 1 saturated heterocycles. The zero-order valence-corrected chi connectivity index (χ0v) is 13.7. The Labute approximate surface area is 127 Å². The van der Waals surface area contributed by atoms with Crippen molar-refractivity contribution in [3.8, 4) is 0 Å². The molecule has 20 heavy (non-hydrogen) atoms. The molecule has 0 aliphatic carbocycles. The first-order valence-electron chi connectivity index (χ1n) is 6.72. The summed E-state index contributed by atoms with van der Waals surface area (Å²) in [6.45, 7) is 7.37. The molecule has 1 fully saturated rings. The number of anilines is 1. The van der Waals surface area contributed by atoms with E-state index in [-0.39, 0.29) is 11.8 Å². The van der Waals surface area contributed by atoms with Crippen LogP contribution >= 0.6 is 15.9 Å². The van der Waals surface area contributed by atoms with E-state index in [1.165, 1.54) is 0 Å². The second-order valence-electron chi connectivity index (χ2n) is 5.41. The Morgan fingerprint density at radius 2 is 2.05 bits per heavy atom. The molecule has 1 aliphatic heterocycles. The number of amides is 2. The Morgan fingerprint density at radius 1 is 1.40 bits per heavy atom. The van der Waals surface area contributed by atoms with Gasteiger partial charge in [-0.15, -0.1) is 0 Å². The lowest BCUT2D eigenvalue weighted by molar-refractivity contribution is -0.137. The van der Waals surface area contributed by atoms with Gasteiger partial charge in [0.1, 0.15) is 11.6 Å². The summed E-state index contributed by atoms with van der Waals surface area (Å²) in [5.74, 6) is -0.179. The van der Waals surface area contributed by atoms with E-state index in [1.54, 1.807) is 18.7 Å². The highest BCUT2D eigenvalue weighted by molar-refractivity contribution is 9.10. The fraction of sp³-hybridized carbons (Fsp3) is 0.467. The third kappa shape index (κ3) is 2.24. The molecule has 2 atom stereocenters. The van der Waals surface area contributed by atoms with Crippen LogP contribution in [0.5, 0.6) is 0 Å². The maximum Gasteiger partial charge on any atom is 0.253 e. The molecule has 2 unspecified atom stereocenters. The summed E-state index contributed by atoms with van der Waals surface area (Å²) in [6.07, 6.45) is 0.563. The van der Waals surface area contributed by atoms with Crippen molar-refractivity contribution in [2.45, 2.75) is 45.7 Å². The Balaban J connectivity index is 2.55. The van der Waals surface area contributed by atoms with Crippen LogP contribution in [0.3, 0.4) is 0 Å². The normalized spacial score (nSPS) is 26.6. The molecular weight excluding hydrogens is 320 g/mol. The van der Waals surface area contributed by atoms with E-state index >= 15 is 0 Å². The van der Waals surface area contributed by atoms with Gasteiger partial charge in [-0.2, -0.15) is 0 Å². The molecule has 1 aliphatic rings. The van der Waals surface area contributed by atoms with Crippen molar-refractivity contribution in [1.82, 2.24) is 5.32 Å². The van der Waals surface area contributed by atoms with Gasteiger partial charge in [-0.05, 0) is 44.9 Å². The molecule has 5 heteroatoms. The molecule has 4 nitrogen and oxygen atoms in total. The van der Waals surface area contributed by atoms with Gasteiger partial charge in [0.15, 0.2) is 0 Å². The number of hydrogen-bond donors (Lipinski definition) is 1. The molecule has 0 bridgehead atoms. The van der Waals surface area contributed by atoms with Gasteiger partial charge in [-0.25, -0.2) is 0 Å². The van der Waals surface area contributed by atoms with Crippen LogP contribution in [0, 0.1) is 6.92 Å². The average Bonchev–Trinajstić information content (AvgIpc) is 2.41. The predicted octanol–water partition coefficient (Wildman–Crippen LogP) is 2.78. The number of hydrogen-bond acceptors (Lipinski definition) is 2. The van der Waals surface area contributed by atoms with Crippen LogP contribution in [-0.2, 0) is 9.59 Å². The van der Waals surface area contributed by atoms with Crippen molar-refractivity contribution in [1.29, 1.82) is 0 Å². The molecule has 1 aromatic carbocycles. The van der Waals surface area contributed by atoms with Crippen molar-refractivity contribution in [2.24, 2.45) is 0 Å². The first-order valence-corrected chi connectivity index (χ1v) is 7.52. The van der Waals surface area contributed by atoms with E-state index in [1.807, 2.05) is 32.0 Å². The summed E-state index contributed by atoms with van der Waals surface area (Å²) < 4.78 is 0.930. The average molecular weight is 339 g/mol. The molecule has 2 rings (SSSR count). The number of carbonyl (C=O) groups is 2. The number of carbonyl (C=O) groups excluding carboxylic acids is 2. The van der Waals surface area contributed by atoms with Crippen LogP contribution in [-0.4, -0.2) is 23.4 Å². The van der Waals surface area contributed by atoms with Gasteiger partial charge in [0.2, 0.25) is 5.91 Å². The second-order valence-corrected chi connectivity index (χ2v) is 6.26. The monoisotopic (exact) mass is 338 g/mol. The van der Waals surface area contributed by atoms with Crippen molar-refractivity contribution >= 4 is 33.4 Å². The van der Waals surface area contributed by atoms with Gasteiger partial charge in [0, 0.05) is 10.2 Å². The number of nitrogens with one attached hydrogen (secondary N) is 1. The third-order valence-corrected chi connectivity index (χ3v) is 4.92. The Bertz CT molecular complexity index is 573. The van der Waals surface area contributed by atoms with Gasteiger partial charge >= 0.3 is 0 Å². The van der Waals surface area contributed by atoms with Crippen LogP contribution in [0.15, 0.2) is 22.7 Å². The number of halogens is 1. The van der Waals surface area contributed by atoms with E-state index in [2.05, 4.69) is 21.2 Å². The lowest BCUT2D eigenvalue weighted by Gasteiger charge is -2.43. The van der Waals surface area contributed by atoms with E-state index in [9.17, 15) is 9.59 Å². The number of nitrogens with zero attached hydrogens (tertiary/aromatic N) is 1. The van der Waals surface area contributed by atoms with E-state index in [0.717, 1.165) is 15.7 Å². The second kappa shape index (κ2) is 5.20. The Kier molecular flexibility index (Phi) is 3.91. The quantitative estimate of drug-likeness (QED) is 0.901. The first-order chi connectivity index (χ1) is 9.31. The van der Waals surface area contributed by atoms with Crippen molar-refractivity contribution in [3.05, 3.63) is 28.2 Å². The van der Waals surface area contributed by atoms with Crippen LogP contribution < -0.4 is 10.2 Å². The first kappa shape index (κ1) is 15.0. The van der Waals surface area contributed by atoms with Gasteiger partial charge in [-0.1, -0.05) is 28.9 Å². The van der Waals surface area contributed by atoms with Crippen LogP contribution in [0.25, 0.3) is 0 Å². The van der Waals surface area contributed by atoms with E-state index < -0.39 is 11.6 Å². The highest BCUT2D eigenvalue weighted by Gasteiger charge is 2.46. The van der Waals surface area contributed by atoms with Gasteiger partial charge in [-0.3, -0.25) is 14.5 Å². The molecule has 0 aromatic heterocycles. The van der Waals surface area contributed by atoms with E-state index in [0.29, 0.717) is 6.42 Å². The Hall–Kier alpha value is -1.36. The van der Waals surface area contributed by atoms with E-state index in [4.69, 9.17) is 0 Å². The molecule has 0 spiro atoms. The molecular formula is C15H19BrN2O2. The van der Waals surface area contributed by atoms with Crippen molar-refractivity contribution in [2.75, 3.05) is 4.90 Å². The molecule has 0 saturated carbocycles. The van der Waals surface area contributed by atoms with Crippen LogP contribution in [0.2, 0.25) is 0 Å². The highest BCUT2D eigenvalue weighted by Crippen LogP contribution is 2.32. The zero-order chi connectivity index (χ0) is 15.1. The lowest BCUT2D eigenvalue weighted by atomic mass is 9.91. The third-order valence-electron chi connectivity index (χ3n) is 4.06. The predicted molar refractivity (Wildman–Crippen MR) is 82.7 cm³/mol. The molecule has 1 heterocycles. The number of piperazine rings is 1. The van der Waals surface area contributed by atoms with Crippen LogP contribution in [0.1, 0.15) is 32.8 Å². The maximum absolute atomic E-state index is 12.8.